The number of halogens is 1. The summed E-state index contributed by atoms with van der Waals surface area (Å²) in [4.78, 5) is 13.4. The highest BCUT2D eigenvalue weighted by Crippen LogP contribution is 2.26. The number of rotatable bonds is 6. The minimum atomic E-state index is -2.25. The van der Waals surface area contributed by atoms with E-state index in [1.807, 2.05) is 0 Å². The third-order valence-electron chi connectivity index (χ3n) is 2.44. The van der Waals surface area contributed by atoms with E-state index in [0.29, 0.717) is 22.8 Å². The van der Waals surface area contributed by atoms with Crippen molar-refractivity contribution in [3.05, 3.63) is 28.8 Å². The molecule has 19 heavy (non-hydrogen) atoms. The topological polar surface area (TPSA) is 69.7 Å². The van der Waals surface area contributed by atoms with Gasteiger partial charge in [0.2, 0.25) is 0 Å². The average molecular weight is 305 g/mol. The van der Waals surface area contributed by atoms with Gasteiger partial charge in [-0.25, -0.2) is 4.79 Å². The van der Waals surface area contributed by atoms with Gasteiger partial charge >= 0.3 is 5.97 Å². The fourth-order valence-corrected chi connectivity index (χ4v) is 2.35. The van der Waals surface area contributed by atoms with Crippen LogP contribution in [0.5, 0.6) is 0 Å². The Morgan fingerprint density at radius 1 is 1.47 bits per heavy atom. The van der Waals surface area contributed by atoms with Crippen molar-refractivity contribution in [2.45, 2.75) is 13.8 Å². The van der Waals surface area contributed by atoms with Gasteiger partial charge in [-0.05, 0) is 43.1 Å². The predicted octanol–water partition coefficient (Wildman–Crippen LogP) is 2.18. The molecule has 0 bridgehead atoms. The maximum atomic E-state index is 11.8. The van der Waals surface area contributed by atoms with Gasteiger partial charge in [-0.2, -0.15) is 0 Å². The Balaban J connectivity index is 3.18. The lowest BCUT2D eigenvalue weighted by Crippen LogP contribution is -2.28. The molecule has 1 atom stereocenters. The molecule has 0 saturated carbocycles. The number of anilines is 1. The maximum Gasteiger partial charge on any atom is 0.340 e. The molecular formula is C12H15ClNO4S-. The molecule has 0 radical (unpaired) electrons. The van der Waals surface area contributed by atoms with Crippen molar-refractivity contribution in [1.29, 1.82) is 0 Å². The number of benzene rings is 1. The van der Waals surface area contributed by atoms with Gasteiger partial charge in [-0.3, -0.25) is 4.21 Å². The summed E-state index contributed by atoms with van der Waals surface area (Å²) >= 11 is 3.66. The number of nitrogens with zero attached hydrogens (tertiary/aromatic N) is 1. The van der Waals surface area contributed by atoms with Crippen LogP contribution < -0.4 is 4.90 Å². The molecule has 1 aromatic rings. The van der Waals surface area contributed by atoms with Crippen LogP contribution in [0.4, 0.5) is 5.69 Å². The van der Waals surface area contributed by atoms with Gasteiger partial charge in [-0.1, -0.05) is 11.6 Å². The standard InChI is InChI=1S/C12H16ClNO4S/c1-3-14(8-19(16)17)11-7-9(13)5-6-10(11)12(15)18-4-2/h5-7H,3-4,8H2,1-2H3,(H,16,17)/p-1. The third-order valence-corrected chi connectivity index (χ3v) is 3.20. The van der Waals surface area contributed by atoms with Crippen molar-refractivity contribution >= 4 is 34.3 Å². The molecule has 1 aromatic carbocycles. The van der Waals surface area contributed by atoms with Crippen molar-refractivity contribution in [2.75, 3.05) is 23.9 Å². The van der Waals surface area contributed by atoms with Crippen LogP contribution in [-0.4, -0.2) is 33.8 Å². The number of ether oxygens (including phenoxy) is 1. The van der Waals surface area contributed by atoms with Crippen molar-refractivity contribution in [3.8, 4) is 0 Å². The zero-order chi connectivity index (χ0) is 14.4. The second-order valence-electron chi connectivity index (χ2n) is 3.67. The second-order valence-corrected chi connectivity index (χ2v) is 4.97. The Morgan fingerprint density at radius 2 is 2.16 bits per heavy atom. The lowest BCUT2D eigenvalue weighted by Gasteiger charge is -2.26. The molecule has 0 saturated heterocycles. The normalized spacial score (nSPS) is 12.0. The van der Waals surface area contributed by atoms with Crippen LogP contribution in [0.1, 0.15) is 24.2 Å². The van der Waals surface area contributed by atoms with Crippen LogP contribution in [0.25, 0.3) is 0 Å². The van der Waals surface area contributed by atoms with Crippen molar-refractivity contribution in [3.63, 3.8) is 0 Å². The lowest BCUT2D eigenvalue weighted by molar-refractivity contribution is 0.0527. The molecule has 106 valence electrons. The van der Waals surface area contributed by atoms with E-state index in [2.05, 4.69) is 0 Å². The molecule has 5 nitrogen and oxygen atoms in total. The van der Waals surface area contributed by atoms with Crippen molar-refractivity contribution in [1.82, 2.24) is 0 Å². The first-order valence-corrected chi connectivity index (χ1v) is 7.39. The van der Waals surface area contributed by atoms with E-state index in [-0.39, 0.29) is 12.5 Å². The van der Waals surface area contributed by atoms with Gasteiger partial charge < -0.3 is 14.2 Å². The van der Waals surface area contributed by atoms with Gasteiger partial charge in [0.1, 0.15) is 0 Å². The highest BCUT2D eigenvalue weighted by Gasteiger charge is 2.17. The number of hydrogen-bond donors (Lipinski definition) is 0. The number of carbonyl (C=O) groups excluding carboxylic acids is 1. The quantitative estimate of drug-likeness (QED) is 0.595. The third kappa shape index (κ3) is 4.49. The monoisotopic (exact) mass is 304 g/mol. The SMILES string of the molecule is CCOC(=O)c1ccc(Cl)cc1N(CC)CS(=O)[O-]. The van der Waals surface area contributed by atoms with Crippen LogP contribution in [-0.2, 0) is 15.8 Å². The highest BCUT2D eigenvalue weighted by atomic mass is 35.5. The zero-order valence-corrected chi connectivity index (χ0v) is 12.3. The van der Waals surface area contributed by atoms with Crippen molar-refractivity contribution < 1.29 is 18.3 Å². The summed E-state index contributed by atoms with van der Waals surface area (Å²) < 4.78 is 26.6. The average Bonchev–Trinajstić information content (AvgIpc) is 2.35. The summed E-state index contributed by atoms with van der Waals surface area (Å²) in [6.45, 7) is 4.18. The van der Waals surface area contributed by atoms with Gasteiger partial charge in [0.25, 0.3) is 0 Å². The Hall–Kier alpha value is -1.11. The summed E-state index contributed by atoms with van der Waals surface area (Å²) in [5.41, 5.74) is 0.760. The first-order valence-electron chi connectivity index (χ1n) is 5.77. The van der Waals surface area contributed by atoms with Gasteiger partial charge in [0.05, 0.1) is 23.7 Å². The van der Waals surface area contributed by atoms with Crippen LogP contribution in [0.3, 0.4) is 0 Å². The molecule has 0 aliphatic rings. The number of hydrogen-bond acceptors (Lipinski definition) is 5. The van der Waals surface area contributed by atoms with Gasteiger partial charge in [0.15, 0.2) is 0 Å². The van der Waals surface area contributed by atoms with E-state index in [1.165, 1.54) is 6.07 Å². The minimum absolute atomic E-state index is 0.205. The van der Waals surface area contributed by atoms with Gasteiger partial charge in [-0.15, -0.1) is 0 Å². The molecule has 0 spiro atoms. The minimum Gasteiger partial charge on any atom is -0.771 e. The summed E-state index contributed by atoms with van der Waals surface area (Å²) in [7, 11) is 0. The van der Waals surface area contributed by atoms with E-state index in [0.717, 1.165) is 0 Å². The molecule has 0 aromatic heterocycles. The maximum absolute atomic E-state index is 11.8. The largest absolute Gasteiger partial charge is 0.771 e. The van der Waals surface area contributed by atoms with E-state index in [1.54, 1.807) is 30.9 Å². The first-order chi connectivity index (χ1) is 8.99. The smallest absolute Gasteiger partial charge is 0.340 e. The summed E-state index contributed by atoms with van der Waals surface area (Å²) in [6, 6.07) is 4.66. The van der Waals surface area contributed by atoms with E-state index in [4.69, 9.17) is 16.3 Å². The van der Waals surface area contributed by atoms with E-state index >= 15 is 0 Å². The molecule has 1 rings (SSSR count). The zero-order valence-electron chi connectivity index (χ0n) is 10.7. The Labute approximate surface area is 119 Å². The fraction of sp³-hybridized carbons (Fsp3) is 0.417. The molecule has 0 amide bonds. The molecule has 0 N–H and O–H groups in total. The van der Waals surface area contributed by atoms with Crippen LogP contribution in [0.15, 0.2) is 18.2 Å². The van der Waals surface area contributed by atoms with Crippen LogP contribution >= 0.6 is 11.6 Å². The van der Waals surface area contributed by atoms with E-state index in [9.17, 15) is 13.6 Å². The summed E-state index contributed by atoms with van der Waals surface area (Å²) in [6.07, 6.45) is 0. The van der Waals surface area contributed by atoms with Gasteiger partial charge in [0, 0.05) is 11.6 Å². The van der Waals surface area contributed by atoms with Crippen molar-refractivity contribution in [2.24, 2.45) is 0 Å². The van der Waals surface area contributed by atoms with Crippen LogP contribution in [0, 0.1) is 0 Å². The number of carbonyl (C=O) groups is 1. The summed E-state index contributed by atoms with van der Waals surface area (Å²) in [5.74, 6) is -0.701. The molecule has 0 aliphatic carbocycles. The molecule has 1 unspecified atom stereocenters. The Kier molecular flexibility index (Phi) is 6.27. The molecular weight excluding hydrogens is 290 g/mol. The molecule has 0 fully saturated rings. The molecule has 7 heteroatoms. The Morgan fingerprint density at radius 3 is 2.68 bits per heavy atom. The molecule has 0 aliphatic heterocycles. The lowest BCUT2D eigenvalue weighted by atomic mass is 10.1. The number of esters is 1. The van der Waals surface area contributed by atoms with Crippen LogP contribution in [0.2, 0.25) is 5.02 Å². The predicted molar refractivity (Wildman–Crippen MR) is 74.2 cm³/mol. The molecule has 0 heterocycles. The van der Waals surface area contributed by atoms with E-state index < -0.39 is 17.0 Å². The highest BCUT2D eigenvalue weighted by molar-refractivity contribution is 7.79. The first kappa shape index (κ1) is 15.9. The fourth-order valence-electron chi connectivity index (χ4n) is 1.61. The summed E-state index contributed by atoms with van der Waals surface area (Å²) in [5, 5.41) is 0.429. The second kappa shape index (κ2) is 7.47. The Bertz CT molecular complexity index is 481.